The summed E-state index contributed by atoms with van der Waals surface area (Å²) in [6.07, 6.45) is 6.65. The Labute approximate surface area is 214 Å². The molecule has 0 radical (unpaired) electrons. The van der Waals surface area contributed by atoms with E-state index in [1.165, 1.54) is 12.1 Å². The average molecular weight is 526 g/mol. The van der Waals surface area contributed by atoms with Gasteiger partial charge in [-0.3, -0.25) is 9.82 Å². The van der Waals surface area contributed by atoms with Gasteiger partial charge in [-0.2, -0.15) is 5.10 Å². The number of nitrogens with two attached hydrogens (primary N) is 1. The van der Waals surface area contributed by atoms with Crippen LogP contribution in [0.3, 0.4) is 0 Å². The van der Waals surface area contributed by atoms with Gasteiger partial charge in [0.15, 0.2) is 5.82 Å². The summed E-state index contributed by atoms with van der Waals surface area (Å²) < 4.78 is 28.0. The van der Waals surface area contributed by atoms with Gasteiger partial charge in [-0.15, -0.1) is 0 Å². The fraction of sp³-hybridized carbons (Fsp3) is 0.320. The number of sulfonamides is 1. The van der Waals surface area contributed by atoms with Crippen molar-refractivity contribution in [2.45, 2.75) is 56.0 Å². The maximum Gasteiger partial charge on any atom is 0.264 e. The SMILES string of the molecule is CCc1cc(-c2cc(NS(=O)(=O)c3ccccc3Cl)n[nH]2)cc2cnc(N[C@H]3CC[C@H](N)CC3)nc12. The van der Waals surface area contributed by atoms with Gasteiger partial charge in [-0.1, -0.05) is 30.7 Å². The highest BCUT2D eigenvalue weighted by atomic mass is 35.5. The zero-order valence-corrected chi connectivity index (χ0v) is 21.4. The molecule has 188 valence electrons. The van der Waals surface area contributed by atoms with Gasteiger partial charge in [0.05, 0.1) is 16.2 Å². The first kappa shape index (κ1) is 24.5. The van der Waals surface area contributed by atoms with Crippen molar-refractivity contribution < 1.29 is 8.42 Å². The lowest BCUT2D eigenvalue weighted by Crippen LogP contribution is -2.33. The number of rotatable bonds is 7. The fourth-order valence-electron chi connectivity index (χ4n) is 4.54. The summed E-state index contributed by atoms with van der Waals surface area (Å²) in [5.74, 6) is 0.800. The Bertz CT molecular complexity index is 1500. The minimum atomic E-state index is -3.88. The summed E-state index contributed by atoms with van der Waals surface area (Å²) in [5, 5.41) is 11.6. The monoisotopic (exact) mass is 525 g/mol. The summed E-state index contributed by atoms with van der Waals surface area (Å²) in [5.41, 5.74) is 9.51. The highest BCUT2D eigenvalue weighted by molar-refractivity contribution is 7.92. The third kappa shape index (κ3) is 5.16. The fourth-order valence-corrected chi connectivity index (χ4v) is 6.05. The Hall–Kier alpha value is -3.21. The number of anilines is 2. The number of H-pyrrole nitrogens is 1. The second kappa shape index (κ2) is 10.0. The topological polar surface area (TPSA) is 139 Å². The summed E-state index contributed by atoms with van der Waals surface area (Å²) >= 11 is 6.07. The number of fused-ring (bicyclic) bond motifs is 1. The summed E-state index contributed by atoms with van der Waals surface area (Å²) in [6, 6.07) is 12.6. The van der Waals surface area contributed by atoms with E-state index >= 15 is 0 Å². The van der Waals surface area contributed by atoms with Crippen molar-refractivity contribution >= 4 is 44.3 Å². The first-order valence-electron chi connectivity index (χ1n) is 12.0. The maximum atomic E-state index is 12.8. The Balaban J connectivity index is 1.39. The third-order valence-corrected chi connectivity index (χ3v) is 8.36. The molecule has 1 aliphatic carbocycles. The molecule has 0 amide bonds. The minimum Gasteiger partial charge on any atom is -0.351 e. The molecule has 0 aliphatic heterocycles. The predicted octanol–water partition coefficient (Wildman–Crippen LogP) is 4.72. The lowest BCUT2D eigenvalue weighted by Gasteiger charge is -2.26. The highest BCUT2D eigenvalue weighted by Crippen LogP contribution is 2.29. The predicted molar refractivity (Wildman–Crippen MR) is 143 cm³/mol. The van der Waals surface area contributed by atoms with E-state index in [0.717, 1.165) is 54.1 Å². The van der Waals surface area contributed by atoms with Gasteiger partial charge in [0, 0.05) is 35.3 Å². The van der Waals surface area contributed by atoms with Crippen molar-refractivity contribution in [3.05, 3.63) is 59.2 Å². The molecule has 0 bridgehead atoms. The lowest BCUT2D eigenvalue weighted by atomic mass is 9.92. The van der Waals surface area contributed by atoms with Gasteiger partial charge in [0.2, 0.25) is 5.95 Å². The first-order chi connectivity index (χ1) is 17.3. The third-order valence-electron chi connectivity index (χ3n) is 6.50. The Kier molecular flexibility index (Phi) is 6.83. The normalized spacial score (nSPS) is 18.3. The molecule has 5 rings (SSSR count). The van der Waals surface area contributed by atoms with Crippen molar-refractivity contribution in [3.8, 4) is 11.3 Å². The lowest BCUT2D eigenvalue weighted by molar-refractivity contribution is 0.410. The minimum absolute atomic E-state index is 0.00664. The molecule has 4 aromatic rings. The second-order valence-corrected chi connectivity index (χ2v) is 11.1. The molecule has 0 unspecified atom stereocenters. The van der Waals surface area contributed by atoms with E-state index in [1.54, 1.807) is 18.2 Å². The molecule has 2 aromatic heterocycles. The van der Waals surface area contributed by atoms with Crippen LogP contribution in [0.15, 0.2) is 53.6 Å². The van der Waals surface area contributed by atoms with Gasteiger partial charge in [0.25, 0.3) is 10.0 Å². The van der Waals surface area contributed by atoms with Crippen LogP contribution in [-0.2, 0) is 16.4 Å². The van der Waals surface area contributed by atoms with E-state index in [9.17, 15) is 8.42 Å². The van der Waals surface area contributed by atoms with Crippen LogP contribution in [0.1, 0.15) is 38.2 Å². The molecule has 5 N–H and O–H groups in total. The van der Waals surface area contributed by atoms with Gasteiger partial charge in [-0.05, 0) is 61.9 Å². The van der Waals surface area contributed by atoms with E-state index < -0.39 is 10.0 Å². The number of benzene rings is 2. The second-order valence-electron chi connectivity index (χ2n) is 9.08. The summed E-state index contributed by atoms with van der Waals surface area (Å²) in [4.78, 5) is 9.34. The van der Waals surface area contributed by atoms with Crippen molar-refractivity contribution in [1.29, 1.82) is 0 Å². The van der Waals surface area contributed by atoms with Gasteiger partial charge in [0.1, 0.15) is 4.90 Å². The van der Waals surface area contributed by atoms with Gasteiger partial charge >= 0.3 is 0 Å². The molecule has 2 aromatic carbocycles. The maximum absolute atomic E-state index is 12.8. The van der Waals surface area contributed by atoms with E-state index in [-0.39, 0.29) is 15.7 Å². The van der Waals surface area contributed by atoms with Gasteiger partial charge < -0.3 is 11.1 Å². The molecule has 11 heteroatoms. The van der Waals surface area contributed by atoms with Crippen molar-refractivity contribution in [2.75, 3.05) is 10.0 Å². The molecule has 0 spiro atoms. The smallest absolute Gasteiger partial charge is 0.264 e. The Morgan fingerprint density at radius 3 is 2.67 bits per heavy atom. The van der Waals surface area contributed by atoms with Crippen LogP contribution in [0.2, 0.25) is 5.02 Å². The van der Waals surface area contributed by atoms with Crippen LogP contribution in [0.25, 0.3) is 22.2 Å². The van der Waals surface area contributed by atoms with E-state index in [4.69, 9.17) is 22.3 Å². The molecule has 9 nitrogen and oxygen atoms in total. The molecular formula is C25H28ClN7O2S. The average Bonchev–Trinajstić information content (AvgIpc) is 3.32. The highest BCUT2D eigenvalue weighted by Gasteiger charge is 2.21. The zero-order valence-electron chi connectivity index (χ0n) is 19.8. The van der Waals surface area contributed by atoms with Crippen LogP contribution >= 0.6 is 11.6 Å². The number of nitrogens with one attached hydrogen (secondary N) is 3. The molecule has 1 saturated carbocycles. The molecule has 2 heterocycles. The molecule has 0 saturated heterocycles. The number of aromatic nitrogens is 4. The molecule has 36 heavy (non-hydrogen) atoms. The Morgan fingerprint density at radius 2 is 1.92 bits per heavy atom. The Morgan fingerprint density at radius 1 is 1.14 bits per heavy atom. The van der Waals surface area contributed by atoms with Crippen LogP contribution in [0.4, 0.5) is 11.8 Å². The number of nitrogens with zero attached hydrogens (tertiary/aromatic N) is 3. The quantitative estimate of drug-likeness (QED) is 0.274. The molecule has 1 aliphatic rings. The molecular weight excluding hydrogens is 498 g/mol. The number of aromatic amines is 1. The van der Waals surface area contributed by atoms with Gasteiger partial charge in [-0.25, -0.2) is 18.4 Å². The van der Waals surface area contributed by atoms with Crippen LogP contribution < -0.4 is 15.8 Å². The number of hydrogen-bond donors (Lipinski definition) is 4. The van der Waals surface area contributed by atoms with Crippen molar-refractivity contribution in [3.63, 3.8) is 0 Å². The van der Waals surface area contributed by atoms with Crippen molar-refractivity contribution in [1.82, 2.24) is 20.2 Å². The van der Waals surface area contributed by atoms with Crippen LogP contribution in [0.5, 0.6) is 0 Å². The summed E-state index contributed by atoms with van der Waals surface area (Å²) in [7, 11) is -3.88. The van der Waals surface area contributed by atoms with Crippen LogP contribution in [-0.4, -0.2) is 40.7 Å². The number of aryl methyl sites for hydroxylation is 1. The number of halogens is 1. The van der Waals surface area contributed by atoms with E-state index in [2.05, 4.69) is 32.1 Å². The largest absolute Gasteiger partial charge is 0.351 e. The molecule has 1 fully saturated rings. The molecule has 0 atom stereocenters. The van der Waals surface area contributed by atoms with E-state index in [0.29, 0.717) is 23.7 Å². The van der Waals surface area contributed by atoms with Crippen LogP contribution in [0, 0.1) is 0 Å². The van der Waals surface area contributed by atoms with E-state index in [1.807, 2.05) is 18.3 Å². The summed E-state index contributed by atoms with van der Waals surface area (Å²) in [6.45, 7) is 2.08. The zero-order chi connectivity index (χ0) is 25.3. The first-order valence-corrected chi connectivity index (χ1v) is 13.8. The van der Waals surface area contributed by atoms with Crippen molar-refractivity contribution in [2.24, 2.45) is 5.73 Å². The standard InChI is InChI=1S/C25H28ClN7O2S/c1-2-15-11-16(12-17-14-28-25(30-24(15)17)29-19-9-7-18(27)8-10-19)21-13-23(32-31-21)33-36(34,35)22-6-4-3-5-20(22)26/h3-6,11-14,18-19H,2,7-10,27H2,1H3,(H,28,29,30)(H2,31,32,33)/t18-,19-. The number of hydrogen-bond acceptors (Lipinski definition) is 7.